The summed E-state index contributed by atoms with van der Waals surface area (Å²) in [4.78, 5) is 34.4. The molecule has 0 atom stereocenters. The molecule has 0 saturated carbocycles. The lowest BCUT2D eigenvalue weighted by atomic mass is 10.0. The SMILES string of the molecule is C=Cc1cc(C(=O)NCc2cc(C(=O)Nc3cc(CN4CCN(C)CC4)cc(C(F)(F)F)c3)ccc2C)cnc1NC. The van der Waals surface area contributed by atoms with E-state index in [0.29, 0.717) is 34.6 Å². The van der Waals surface area contributed by atoms with E-state index in [4.69, 9.17) is 0 Å². The molecule has 1 aliphatic heterocycles. The summed E-state index contributed by atoms with van der Waals surface area (Å²) >= 11 is 0. The maximum Gasteiger partial charge on any atom is 0.416 e. The molecule has 3 aromatic rings. The number of piperazine rings is 1. The highest BCUT2D eigenvalue weighted by atomic mass is 19.4. The standard InChI is InChI=1S/C31H35F3N6O2/c1-5-22-14-25(18-36-28(22)35-3)29(41)37-17-24-15-23(7-6-20(24)2)30(42)38-27-13-21(12-26(16-27)31(32,33)34)19-40-10-8-39(4)9-11-40/h5-7,12-16,18H,1,8-11,17,19H2,2-4H3,(H,35,36)(H,37,41)(H,38,42). The molecule has 1 saturated heterocycles. The van der Waals surface area contributed by atoms with Crippen LogP contribution in [0.1, 0.15) is 48.5 Å². The smallest absolute Gasteiger partial charge is 0.373 e. The van der Waals surface area contributed by atoms with Crippen LogP contribution in [0.25, 0.3) is 6.08 Å². The zero-order valence-electron chi connectivity index (χ0n) is 23.9. The van der Waals surface area contributed by atoms with Crippen molar-refractivity contribution in [3.05, 3.63) is 94.2 Å². The van der Waals surface area contributed by atoms with Crippen LogP contribution in [-0.4, -0.2) is 66.9 Å². The van der Waals surface area contributed by atoms with Crippen LogP contribution >= 0.6 is 0 Å². The molecule has 0 spiro atoms. The number of nitrogens with one attached hydrogen (secondary N) is 3. The van der Waals surface area contributed by atoms with Crippen molar-refractivity contribution in [2.75, 3.05) is 50.9 Å². The highest BCUT2D eigenvalue weighted by Crippen LogP contribution is 2.32. The Kier molecular flexibility index (Phi) is 9.64. The van der Waals surface area contributed by atoms with Gasteiger partial charge in [-0.1, -0.05) is 18.7 Å². The normalized spacial score (nSPS) is 14.3. The first-order valence-electron chi connectivity index (χ1n) is 13.6. The summed E-state index contributed by atoms with van der Waals surface area (Å²) in [5.74, 6) is -0.294. The van der Waals surface area contributed by atoms with Crippen molar-refractivity contribution in [3.8, 4) is 0 Å². The van der Waals surface area contributed by atoms with Gasteiger partial charge in [-0.2, -0.15) is 13.2 Å². The van der Waals surface area contributed by atoms with E-state index in [9.17, 15) is 22.8 Å². The molecule has 0 radical (unpaired) electrons. The fourth-order valence-corrected chi connectivity index (χ4v) is 4.74. The van der Waals surface area contributed by atoms with Gasteiger partial charge in [0.1, 0.15) is 5.82 Å². The molecule has 8 nitrogen and oxygen atoms in total. The molecule has 2 aromatic carbocycles. The van der Waals surface area contributed by atoms with Crippen LogP contribution in [0.5, 0.6) is 0 Å². The number of hydrogen-bond acceptors (Lipinski definition) is 6. The van der Waals surface area contributed by atoms with Gasteiger partial charge in [-0.05, 0) is 67.1 Å². The minimum atomic E-state index is -4.55. The van der Waals surface area contributed by atoms with Gasteiger partial charge in [-0.15, -0.1) is 0 Å². The number of alkyl halides is 3. The molecule has 1 aliphatic rings. The number of aromatic nitrogens is 1. The number of likely N-dealkylation sites (N-methyl/N-ethyl adjacent to an activating group) is 1. The third-order valence-electron chi connectivity index (χ3n) is 7.27. The number of hydrogen-bond donors (Lipinski definition) is 3. The first kappa shape index (κ1) is 30.7. The number of pyridine rings is 1. The van der Waals surface area contributed by atoms with Crippen LogP contribution < -0.4 is 16.0 Å². The fraction of sp³-hybridized carbons (Fsp3) is 0.323. The molecule has 2 heterocycles. The second-order valence-electron chi connectivity index (χ2n) is 10.4. The number of amides is 2. The van der Waals surface area contributed by atoms with E-state index < -0.39 is 17.6 Å². The Morgan fingerprint density at radius 3 is 2.43 bits per heavy atom. The molecule has 42 heavy (non-hydrogen) atoms. The Bertz CT molecular complexity index is 1470. The Labute approximate surface area is 243 Å². The molecule has 11 heteroatoms. The van der Waals surface area contributed by atoms with Crippen molar-refractivity contribution in [1.82, 2.24) is 20.1 Å². The predicted molar refractivity (Wildman–Crippen MR) is 158 cm³/mol. The number of aryl methyl sites for hydroxylation is 1. The van der Waals surface area contributed by atoms with E-state index in [-0.39, 0.29) is 23.7 Å². The van der Waals surface area contributed by atoms with E-state index in [2.05, 4.69) is 37.3 Å². The Morgan fingerprint density at radius 1 is 1.02 bits per heavy atom. The summed E-state index contributed by atoms with van der Waals surface area (Å²) in [6.45, 7) is 9.28. The first-order valence-corrected chi connectivity index (χ1v) is 13.6. The van der Waals surface area contributed by atoms with Crippen molar-refractivity contribution in [3.63, 3.8) is 0 Å². The summed E-state index contributed by atoms with van der Waals surface area (Å²) < 4.78 is 41.1. The number of rotatable bonds is 9. The number of nitrogens with zero attached hydrogens (tertiary/aromatic N) is 3. The molecule has 0 unspecified atom stereocenters. The number of anilines is 2. The number of halogens is 3. The van der Waals surface area contributed by atoms with Crippen LogP contribution in [0.2, 0.25) is 0 Å². The minimum Gasteiger partial charge on any atom is -0.373 e. The third-order valence-corrected chi connectivity index (χ3v) is 7.27. The summed E-state index contributed by atoms with van der Waals surface area (Å²) in [7, 11) is 3.74. The quantitative estimate of drug-likeness (QED) is 0.329. The van der Waals surface area contributed by atoms with Gasteiger partial charge in [0.15, 0.2) is 0 Å². The van der Waals surface area contributed by atoms with Crippen LogP contribution in [-0.2, 0) is 19.3 Å². The maximum atomic E-state index is 13.7. The largest absolute Gasteiger partial charge is 0.416 e. The number of carbonyl (C=O) groups is 2. The van der Waals surface area contributed by atoms with E-state index in [0.717, 1.165) is 43.9 Å². The van der Waals surface area contributed by atoms with Crippen molar-refractivity contribution >= 4 is 29.4 Å². The molecular weight excluding hydrogens is 545 g/mol. The molecule has 3 N–H and O–H groups in total. The second kappa shape index (κ2) is 13.2. The number of benzene rings is 2. The summed E-state index contributed by atoms with van der Waals surface area (Å²) in [6, 6.07) is 10.3. The van der Waals surface area contributed by atoms with E-state index in [1.807, 2.05) is 14.0 Å². The second-order valence-corrected chi connectivity index (χ2v) is 10.4. The van der Waals surface area contributed by atoms with Gasteiger partial charge in [-0.3, -0.25) is 14.5 Å². The first-order chi connectivity index (χ1) is 20.0. The molecule has 0 aliphatic carbocycles. The Hall–Kier alpha value is -4.22. The fourth-order valence-electron chi connectivity index (χ4n) is 4.74. The van der Waals surface area contributed by atoms with E-state index in [1.54, 1.807) is 43.5 Å². The monoisotopic (exact) mass is 580 g/mol. The van der Waals surface area contributed by atoms with E-state index >= 15 is 0 Å². The summed E-state index contributed by atoms with van der Waals surface area (Å²) in [5.41, 5.74) is 2.58. The van der Waals surface area contributed by atoms with Crippen LogP contribution in [0.4, 0.5) is 24.7 Å². The van der Waals surface area contributed by atoms with Gasteiger partial charge in [-0.25, -0.2) is 4.98 Å². The van der Waals surface area contributed by atoms with Gasteiger partial charge < -0.3 is 20.9 Å². The van der Waals surface area contributed by atoms with Gasteiger partial charge in [0.05, 0.1) is 11.1 Å². The predicted octanol–water partition coefficient (Wildman–Crippen LogP) is 5.02. The van der Waals surface area contributed by atoms with E-state index in [1.165, 1.54) is 6.20 Å². The maximum absolute atomic E-state index is 13.7. The van der Waals surface area contributed by atoms with Gasteiger partial charge in [0.2, 0.25) is 0 Å². The van der Waals surface area contributed by atoms with Crippen molar-refractivity contribution in [1.29, 1.82) is 0 Å². The lowest BCUT2D eigenvalue weighted by Gasteiger charge is -2.32. The van der Waals surface area contributed by atoms with Crippen LogP contribution in [0, 0.1) is 6.92 Å². The van der Waals surface area contributed by atoms with Crippen molar-refractivity contribution in [2.45, 2.75) is 26.2 Å². The van der Waals surface area contributed by atoms with Crippen LogP contribution in [0.3, 0.4) is 0 Å². The highest BCUT2D eigenvalue weighted by Gasteiger charge is 2.31. The lowest BCUT2D eigenvalue weighted by molar-refractivity contribution is -0.137. The molecule has 1 aromatic heterocycles. The van der Waals surface area contributed by atoms with Gasteiger partial charge in [0.25, 0.3) is 11.8 Å². The molecule has 0 bridgehead atoms. The Balaban J connectivity index is 1.48. The molecule has 4 rings (SSSR count). The van der Waals surface area contributed by atoms with Crippen LogP contribution in [0.15, 0.2) is 55.2 Å². The number of carbonyl (C=O) groups excluding carboxylic acids is 2. The molecule has 2 amide bonds. The molecule has 222 valence electrons. The Morgan fingerprint density at radius 2 is 1.76 bits per heavy atom. The highest BCUT2D eigenvalue weighted by molar-refractivity contribution is 6.04. The average molecular weight is 581 g/mol. The minimum absolute atomic E-state index is 0.0740. The average Bonchev–Trinajstić information content (AvgIpc) is 2.96. The lowest BCUT2D eigenvalue weighted by Crippen LogP contribution is -2.43. The van der Waals surface area contributed by atoms with Gasteiger partial charge >= 0.3 is 6.18 Å². The zero-order valence-corrected chi connectivity index (χ0v) is 23.9. The topological polar surface area (TPSA) is 89.6 Å². The van der Waals surface area contributed by atoms with Crippen molar-refractivity contribution < 1.29 is 22.8 Å². The third kappa shape index (κ3) is 7.74. The molecular formula is C31H35F3N6O2. The summed E-state index contributed by atoms with van der Waals surface area (Å²) in [6.07, 6.45) is -1.50. The van der Waals surface area contributed by atoms with Gasteiger partial charge in [0, 0.05) is 69.3 Å². The molecule has 1 fully saturated rings. The zero-order chi connectivity index (χ0) is 30.4. The van der Waals surface area contributed by atoms with Crippen molar-refractivity contribution in [2.24, 2.45) is 0 Å². The summed E-state index contributed by atoms with van der Waals surface area (Å²) in [5, 5.41) is 8.41.